The molecule has 1 aliphatic rings. The van der Waals surface area contributed by atoms with E-state index in [9.17, 15) is 4.79 Å². The minimum atomic E-state index is 0.136. The van der Waals surface area contributed by atoms with Crippen LogP contribution in [0.15, 0.2) is 23.8 Å². The molecule has 0 heterocycles. The van der Waals surface area contributed by atoms with Gasteiger partial charge in [0.25, 0.3) is 0 Å². The summed E-state index contributed by atoms with van der Waals surface area (Å²) in [4.78, 5) is 11.0. The zero-order valence-corrected chi connectivity index (χ0v) is 10.5. The molecule has 1 aliphatic carbocycles. The van der Waals surface area contributed by atoms with Crippen molar-refractivity contribution in [1.82, 2.24) is 0 Å². The number of carbonyl (C=O) groups is 1. The zero-order chi connectivity index (χ0) is 11.6. The highest BCUT2D eigenvalue weighted by atomic mass is 16.1. The maximum atomic E-state index is 11.0. The van der Waals surface area contributed by atoms with Crippen molar-refractivity contribution in [1.29, 1.82) is 0 Å². The number of rotatable bonds is 2. The van der Waals surface area contributed by atoms with Gasteiger partial charge in [-0.3, -0.25) is 4.79 Å². The van der Waals surface area contributed by atoms with Crippen molar-refractivity contribution in [3.63, 3.8) is 0 Å². The molecule has 0 aromatic carbocycles. The van der Waals surface area contributed by atoms with Gasteiger partial charge in [0, 0.05) is 5.92 Å². The fourth-order valence-electron chi connectivity index (χ4n) is 2.32. The normalized spacial score (nSPS) is 30.3. The van der Waals surface area contributed by atoms with Crippen LogP contribution in [0, 0.1) is 17.3 Å². The summed E-state index contributed by atoms with van der Waals surface area (Å²) < 4.78 is 0. The fourth-order valence-corrected chi connectivity index (χ4v) is 2.32. The molecule has 0 spiro atoms. The number of carbonyl (C=O) groups excluding carboxylic acids is 1. The second kappa shape index (κ2) is 4.34. The van der Waals surface area contributed by atoms with Crippen molar-refractivity contribution >= 4 is 5.78 Å². The molecule has 0 saturated heterocycles. The molecule has 0 bridgehead atoms. The molecule has 2 atom stereocenters. The van der Waals surface area contributed by atoms with Gasteiger partial charge in [0.1, 0.15) is 0 Å². The standard InChI is InChI=1S/C14H22O/c1-10-6-7-11(2)14(4,5)13(10)9-8-12(3)15/h6,8-9,11,13H,7H2,1-5H3/t11-,13-/m1/s1. The van der Waals surface area contributed by atoms with Gasteiger partial charge in [-0.05, 0) is 37.7 Å². The topological polar surface area (TPSA) is 17.1 Å². The second-order valence-electron chi connectivity index (χ2n) is 5.35. The van der Waals surface area contributed by atoms with Crippen molar-refractivity contribution in [2.24, 2.45) is 17.3 Å². The highest BCUT2D eigenvalue weighted by molar-refractivity contribution is 5.87. The molecule has 1 rings (SSSR count). The van der Waals surface area contributed by atoms with Gasteiger partial charge in [-0.15, -0.1) is 0 Å². The quantitative estimate of drug-likeness (QED) is 0.496. The van der Waals surface area contributed by atoms with Crippen LogP contribution in [0.1, 0.15) is 41.0 Å². The lowest BCUT2D eigenvalue weighted by Crippen LogP contribution is -2.33. The molecule has 0 aromatic heterocycles. The van der Waals surface area contributed by atoms with Gasteiger partial charge in [0.05, 0.1) is 0 Å². The maximum absolute atomic E-state index is 11.0. The Balaban J connectivity index is 2.96. The van der Waals surface area contributed by atoms with E-state index in [0.29, 0.717) is 11.8 Å². The molecule has 15 heavy (non-hydrogen) atoms. The molecule has 0 N–H and O–H groups in total. The van der Waals surface area contributed by atoms with Gasteiger partial charge in [-0.25, -0.2) is 0 Å². The third-order valence-electron chi connectivity index (χ3n) is 3.88. The molecule has 0 radical (unpaired) electrons. The van der Waals surface area contributed by atoms with Crippen molar-refractivity contribution in [3.8, 4) is 0 Å². The van der Waals surface area contributed by atoms with Crippen LogP contribution in [0.25, 0.3) is 0 Å². The van der Waals surface area contributed by atoms with Crippen LogP contribution in [-0.4, -0.2) is 5.78 Å². The highest BCUT2D eigenvalue weighted by Gasteiger charge is 2.36. The molecule has 0 fully saturated rings. The van der Waals surface area contributed by atoms with Gasteiger partial charge < -0.3 is 0 Å². The molecule has 0 saturated carbocycles. The SMILES string of the molecule is CC(=O)C=C[C@@H]1C(C)=CC[C@@H](C)C1(C)C. The Morgan fingerprint density at radius 3 is 2.67 bits per heavy atom. The summed E-state index contributed by atoms with van der Waals surface area (Å²) in [5.74, 6) is 1.21. The average Bonchev–Trinajstić information content (AvgIpc) is 2.11. The van der Waals surface area contributed by atoms with E-state index in [-0.39, 0.29) is 11.2 Å². The molecule has 1 nitrogen and oxygen atoms in total. The maximum Gasteiger partial charge on any atom is 0.152 e. The van der Waals surface area contributed by atoms with Crippen molar-refractivity contribution in [2.75, 3.05) is 0 Å². The highest BCUT2D eigenvalue weighted by Crippen LogP contribution is 2.45. The lowest BCUT2D eigenvalue weighted by Gasteiger charge is -2.42. The number of ketones is 1. The third kappa shape index (κ3) is 2.58. The predicted molar refractivity (Wildman–Crippen MR) is 64.6 cm³/mol. The van der Waals surface area contributed by atoms with Crippen LogP contribution in [0.5, 0.6) is 0 Å². The summed E-state index contributed by atoms with van der Waals surface area (Å²) >= 11 is 0. The minimum absolute atomic E-state index is 0.136. The van der Waals surface area contributed by atoms with Crippen LogP contribution < -0.4 is 0 Å². The summed E-state index contributed by atoms with van der Waals surface area (Å²) in [6.45, 7) is 10.7. The lowest BCUT2D eigenvalue weighted by molar-refractivity contribution is -0.112. The van der Waals surface area contributed by atoms with Crippen LogP contribution in [-0.2, 0) is 4.79 Å². The monoisotopic (exact) mass is 206 g/mol. The van der Waals surface area contributed by atoms with E-state index in [1.807, 2.05) is 0 Å². The van der Waals surface area contributed by atoms with Crippen molar-refractivity contribution in [3.05, 3.63) is 23.8 Å². The largest absolute Gasteiger partial charge is 0.295 e. The number of hydrogen-bond acceptors (Lipinski definition) is 1. The minimum Gasteiger partial charge on any atom is -0.295 e. The number of hydrogen-bond donors (Lipinski definition) is 0. The smallest absolute Gasteiger partial charge is 0.152 e. The summed E-state index contributed by atoms with van der Waals surface area (Å²) in [7, 11) is 0. The van der Waals surface area contributed by atoms with Gasteiger partial charge in [0.15, 0.2) is 5.78 Å². The fraction of sp³-hybridized carbons (Fsp3) is 0.643. The van der Waals surface area contributed by atoms with Crippen LogP contribution >= 0.6 is 0 Å². The van der Waals surface area contributed by atoms with Gasteiger partial charge in [0.2, 0.25) is 0 Å². The van der Waals surface area contributed by atoms with E-state index >= 15 is 0 Å². The molecule has 0 aromatic rings. The molecule has 1 heteroatoms. The molecule has 0 amide bonds. The molecular weight excluding hydrogens is 184 g/mol. The Hall–Kier alpha value is -0.850. The summed E-state index contributed by atoms with van der Waals surface area (Å²) in [5.41, 5.74) is 1.65. The summed E-state index contributed by atoms with van der Waals surface area (Å²) in [6, 6.07) is 0. The van der Waals surface area contributed by atoms with E-state index in [1.165, 1.54) is 5.57 Å². The van der Waals surface area contributed by atoms with E-state index < -0.39 is 0 Å². The van der Waals surface area contributed by atoms with E-state index in [0.717, 1.165) is 6.42 Å². The first-order chi connectivity index (χ1) is 6.85. The Kier molecular flexibility index (Phi) is 3.54. The molecular formula is C14H22O. The predicted octanol–water partition coefficient (Wildman–Crippen LogP) is 3.76. The molecule has 84 valence electrons. The van der Waals surface area contributed by atoms with Gasteiger partial charge in [-0.1, -0.05) is 38.5 Å². The Morgan fingerprint density at radius 2 is 2.13 bits per heavy atom. The first kappa shape index (κ1) is 12.2. The zero-order valence-electron chi connectivity index (χ0n) is 10.5. The summed E-state index contributed by atoms with van der Waals surface area (Å²) in [6.07, 6.45) is 7.25. The second-order valence-corrected chi connectivity index (χ2v) is 5.35. The summed E-state index contributed by atoms with van der Waals surface area (Å²) in [5, 5.41) is 0. The third-order valence-corrected chi connectivity index (χ3v) is 3.88. The average molecular weight is 206 g/mol. The number of allylic oxidation sites excluding steroid dienone is 4. The van der Waals surface area contributed by atoms with E-state index in [2.05, 4.69) is 39.8 Å². The van der Waals surface area contributed by atoms with Gasteiger partial charge >= 0.3 is 0 Å². The Morgan fingerprint density at radius 1 is 1.53 bits per heavy atom. The van der Waals surface area contributed by atoms with Crippen LogP contribution in [0.4, 0.5) is 0 Å². The van der Waals surface area contributed by atoms with Crippen molar-refractivity contribution in [2.45, 2.75) is 41.0 Å². The lowest BCUT2D eigenvalue weighted by atomic mass is 9.63. The Labute approximate surface area is 93.3 Å². The van der Waals surface area contributed by atoms with E-state index in [4.69, 9.17) is 0 Å². The van der Waals surface area contributed by atoms with Crippen LogP contribution in [0.3, 0.4) is 0 Å². The Bertz CT molecular complexity index is 307. The first-order valence-corrected chi connectivity index (χ1v) is 5.71. The van der Waals surface area contributed by atoms with Crippen LogP contribution in [0.2, 0.25) is 0 Å². The molecule has 0 unspecified atom stereocenters. The van der Waals surface area contributed by atoms with E-state index in [1.54, 1.807) is 13.0 Å². The first-order valence-electron chi connectivity index (χ1n) is 5.71. The molecule has 0 aliphatic heterocycles. The van der Waals surface area contributed by atoms with Gasteiger partial charge in [-0.2, -0.15) is 0 Å². The van der Waals surface area contributed by atoms with Crippen molar-refractivity contribution < 1.29 is 4.79 Å².